The fraction of sp³-hybridized carbons (Fsp3) is 0.467. The maximum absolute atomic E-state index is 9.86. The molecular formula is C15H12N4O2S. The van der Waals surface area contributed by atoms with Gasteiger partial charge in [-0.05, 0) is 11.4 Å². The van der Waals surface area contributed by atoms with Gasteiger partial charge in [0.25, 0.3) is 0 Å². The summed E-state index contributed by atoms with van der Waals surface area (Å²) >= 11 is 1.36. The molecule has 0 radical (unpaired) electrons. The van der Waals surface area contributed by atoms with E-state index < -0.39 is 28.6 Å². The molecule has 0 aliphatic carbocycles. The van der Waals surface area contributed by atoms with Crippen LogP contribution in [0.3, 0.4) is 0 Å². The van der Waals surface area contributed by atoms with E-state index in [-0.39, 0.29) is 5.90 Å². The van der Waals surface area contributed by atoms with E-state index >= 15 is 0 Å². The van der Waals surface area contributed by atoms with Gasteiger partial charge in [0.15, 0.2) is 10.8 Å². The first-order chi connectivity index (χ1) is 10.4. The zero-order chi connectivity index (χ0) is 16.2. The molecule has 22 heavy (non-hydrogen) atoms. The topological polar surface area (TPSA) is 114 Å². The molecule has 4 atom stereocenters. The van der Waals surface area contributed by atoms with Crippen LogP contribution in [0, 0.1) is 56.2 Å². The highest BCUT2D eigenvalue weighted by Crippen LogP contribution is 2.66. The molecule has 4 rings (SSSR count). The van der Waals surface area contributed by atoms with E-state index in [0.717, 1.165) is 0 Å². The van der Waals surface area contributed by atoms with Crippen LogP contribution in [-0.4, -0.2) is 11.7 Å². The van der Waals surface area contributed by atoms with Gasteiger partial charge < -0.3 is 9.47 Å². The maximum atomic E-state index is 9.86. The van der Waals surface area contributed by atoms with Crippen LogP contribution in [0.1, 0.15) is 24.8 Å². The number of fused-ring (bicyclic) bond motifs is 3. The predicted octanol–water partition coefficient (Wildman–Crippen LogP) is 2.72. The fourth-order valence-corrected chi connectivity index (χ4v) is 4.18. The van der Waals surface area contributed by atoms with Crippen molar-refractivity contribution in [2.75, 3.05) is 0 Å². The Morgan fingerprint density at radius 1 is 1.27 bits per heavy atom. The van der Waals surface area contributed by atoms with Gasteiger partial charge in [-0.15, -0.1) is 11.3 Å². The summed E-state index contributed by atoms with van der Waals surface area (Å²) in [5.41, 5.74) is -3.49. The number of ether oxygens (including phenoxy) is 2. The molecule has 4 heterocycles. The van der Waals surface area contributed by atoms with E-state index in [0.29, 0.717) is 4.88 Å². The maximum Gasteiger partial charge on any atom is 0.215 e. The number of hydrogen-bond donors (Lipinski definition) is 1. The summed E-state index contributed by atoms with van der Waals surface area (Å²) in [5.74, 6) is -2.35. The van der Waals surface area contributed by atoms with Crippen molar-refractivity contribution in [3.05, 3.63) is 22.4 Å². The Morgan fingerprint density at radius 2 is 1.95 bits per heavy atom. The third-order valence-corrected chi connectivity index (χ3v) is 5.71. The summed E-state index contributed by atoms with van der Waals surface area (Å²) in [6, 6.07) is 9.61. The summed E-state index contributed by atoms with van der Waals surface area (Å²) in [7, 11) is 0. The molecule has 1 aromatic heterocycles. The Balaban J connectivity index is 2.35. The summed E-state index contributed by atoms with van der Waals surface area (Å²) in [5, 5.41) is 39.4. The molecule has 0 unspecified atom stereocenters. The Morgan fingerprint density at radius 3 is 2.45 bits per heavy atom. The average Bonchev–Trinajstić information content (AvgIpc) is 3.03. The molecular weight excluding hydrogens is 300 g/mol. The van der Waals surface area contributed by atoms with Crippen LogP contribution >= 0.6 is 11.3 Å². The van der Waals surface area contributed by atoms with Crippen LogP contribution in [0.5, 0.6) is 0 Å². The number of thiophene rings is 1. The van der Waals surface area contributed by atoms with Gasteiger partial charge in [0.1, 0.15) is 6.10 Å². The molecule has 3 fully saturated rings. The molecule has 7 heteroatoms. The number of hydrogen-bond acceptors (Lipinski definition) is 7. The minimum Gasteiger partial charge on any atom is -0.448 e. The predicted molar refractivity (Wildman–Crippen MR) is 76.2 cm³/mol. The second-order valence-electron chi connectivity index (χ2n) is 5.63. The number of nitrogens with zero attached hydrogens (tertiary/aromatic N) is 3. The number of rotatable bonds is 1. The minimum absolute atomic E-state index is 0.372. The van der Waals surface area contributed by atoms with Crippen molar-refractivity contribution < 1.29 is 9.47 Å². The molecule has 3 aliphatic heterocycles. The Bertz CT molecular complexity index is 755. The highest BCUT2D eigenvalue weighted by molar-refractivity contribution is 7.10. The Kier molecular flexibility index (Phi) is 2.84. The lowest BCUT2D eigenvalue weighted by molar-refractivity contribution is -0.337. The molecule has 3 saturated heterocycles. The summed E-state index contributed by atoms with van der Waals surface area (Å²) in [6.07, 6.45) is -0.876. The van der Waals surface area contributed by atoms with Crippen LogP contribution in [-0.2, 0) is 9.47 Å². The van der Waals surface area contributed by atoms with Crippen LogP contribution in [0.25, 0.3) is 0 Å². The zero-order valence-electron chi connectivity index (χ0n) is 12.0. The number of nitrogens with one attached hydrogen (secondary N) is 1. The molecule has 1 N–H and O–H groups in total. The van der Waals surface area contributed by atoms with Crippen LogP contribution in [0.2, 0.25) is 0 Å². The van der Waals surface area contributed by atoms with Crippen molar-refractivity contribution in [2.24, 2.45) is 16.7 Å². The standard InChI is InChI=1S/C15H12N4O2S/c1-9-13(2)20-11(10-4-3-5-22-10)15(8-18,12(19)21-13)14(9,6-16)7-17/h3-5,9,11,19H,1-2H3/t9-,11+,13+,15-/m0/s1. The van der Waals surface area contributed by atoms with Crippen molar-refractivity contribution in [3.8, 4) is 18.2 Å². The molecule has 2 bridgehead atoms. The highest BCUT2D eigenvalue weighted by atomic mass is 32.1. The van der Waals surface area contributed by atoms with Gasteiger partial charge in [0.05, 0.1) is 24.1 Å². The van der Waals surface area contributed by atoms with E-state index in [1.54, 1.807) is 26.0 Å². The minimum atomic E-state index is -1.78. The SMILES string of the molecule is C[C@@H]1C(C#N)(C#N)[C@]2(C#N)C(=N)O[C@@]1(C)O[C@@H]2c1cccs1. The van der Waals surface area contributed by atoms with Crippen LogP contribution in [0.4, 0.5) is 0 Å². The van der Waals surface area contributed by atoms with Gasteiger partial charge in [0.2, 0.25) is 11.7 Å². The third kappa shape index (κ3) is 1.32. The van der Waals surface area contributed by atoms with Gasteiger partial charge in [-0.3, -0.25) is 5.41 Å². The van der Waals surface area contributed by atoms with Gasteiger partial charge in [0, 0.05) is 11.8 Å². The quantitative estimate of drug-likeness (QED) is 0.856. The van der Waals surface area contributed by atoms with Crippen LogP contribution < -0.4 is 0 Å². The third-order valence-electron chi connectivity index (χ3n) is 4.80. The molecule has 0 saturated carbocycles. The molecule has 0 aromatic carbocycles. The first kappa shape index (κ1) is 14.5. The van der Waals surface area contributed by atoms with Gasteiger partial charge in [-0.2, -0.15) is 15.8 Å². The smallest absolute Gasteiger partial charge is 0.215 e. The van der Waals surface area contributed by atoms with E-state index in [9.17, 15) is 15.8 Å². The largest absolute Gasteiger partial charge is 0.448 e. The second kappa shape index (κ2) is 4.30. The van der Waals surface area contributed by atoms with Crippen molar-refractivity contribution >= 4 is 17.2 Å². The van der Waals surface area contributed by atoms with Gasteiger partial charge >= 0.3 is 0 Å². The Labute approximate surface area is 131 Å². The van der Waals surface area contributed by atoms with Crippen molar-refractivity contribution in [3.63, 3.8) is 0 Å². The molecule has 0 spiro atoms. The van der Waals surface area contributed by atoms with Gasteiger partial charge in [-0.25, -0.2) is 0 Å². The zero-order valence-corrected chi connectivity index (χ0v) is 12.8. The fourth-order valence-electron chi connectivity index (χ4n) is 3.36. The molecule has 110 valence electrons. The van der Waals surface area contributed by atoms with E-state index in [1.807, 2.05) is 23.6 Å². The summed E-state index contributed by atoms with van der Waals surface area (Å²) in [4.78, 5) is 0.697. The average molecular weight is 312 g/mol. The summed E-state index contributed by atoms with van der Waals surface area (Å²) < 4.78 is 11.5. The van der Waals surface area contributed by atoms with Crippen molar-refractivity contribution in [2.45, 2.75) is 25.7 Å². The first-order valence-corrected chi connectivity index (χ1v) is 7.53. The molecule has 3 aliphatic rings. The Hall–Kier alpha value is -2.40. The lowest BCUT2D eigenvalue weighted by Gasteiger charge is -2.60. The van der Waals surface area contributed by atoms with E-state index in [1.165, 1.54) is 11.3 Å². The highest BCUT2D eigenvalue weighted by Gasteiger charge is 2.78. The number of nitriles is 3. The normalized spacial score (nSPS) is 38.4. The van der Waals surface area contributed by atoms with Crippen molar-refractivity contribution in [1.82, 2.24) is 0 Å². The summed E-state index contributed by atoms with van der Waals surface area (Å²) in [6.45, 7) is 3.26. The molecule has 0 amide bonds. The monoisotopic (exact) mass is 312 g/mol. The molecule has 1 aromatic rings. The molecule has 6 nitrogen and oxygen atoms in total. The second-order valence-corrected chi connectivity index (χ2v) is 6.61. The lowest BCUT2D eigenvalue weighted by atomic mass is 9.51. The van der Waals surface area contributed by atoms with E-state index in [4.69, 9.17) is 14.9 Å². The van der Waals surface area contributed by atoms with Gasteiger partial charge in [-0.1, -0.05) is 13.0 Å². The lowest BCUT2D eigenvalue weighted by Crippen LogP contribution is -2.71. The first-order valence-electron chi connectivity index (χ1n) is 6.65. The van der Waals surface area contributed by atoms with E-state index in [2.05, 4.69) is 0 Å². The van der Waals surface area contributed by atoms with Crippen LogP contribution in [0.15, 0.2) is 17.5 Å². The van der Waals surface area contributed by atoms with Crippen molar-refractivity contribution in [1.29, 1.82) is 21.2 Å².